The third-order valence-electron chi connectivity index (χ3n) is 8.47. The van der Waals surface area contributed by atoms with Gasteiger partial charge in [-0.2, -0.15) is 0 Å². The van der Waals surface area contributed by atoms with Crippen molar-refractivity contribution in [1.82, 2.24) is 9.80 Å². The Hall–Kier alpha value is -2.97. The Morgan fingerprint density at radius 2 is 1.89 bits per heavy atom. The fraction of sp³-hybridized carbons (Fsp3) is 0.552. The topological polar surface area (TPSA) is 90.4 Å². The second-order valence-electron chi connectivity index (χ2n) is 11.0. The van der Waals surface area contributed by atoms with Crippen LogP contribution in [-0.4, -0.2) is 82.7 Å². The van der Waals surface area contributed by atoms with E-state index in [1.807, 2.05) is 39.0 Å². The van der Waals surface area contributed by atoms with Gasteiger partial charge in [0.15, 0.2) is 0 Å². The number of carbonyl (C=O) groups is 3. The maximum atomic E-state index is 14.5. The van der Waals surface area contributed by atoms with Gasteiger partial charge in [0.1, 0.15) is 11.6 Å². The second-order valence-corrected chi connectivity index (χ2v) is 11.0. The number of aliphatic hydroxyl groups excluding tert-OH is 1. The molecule has 2 unspecified atom stereocenters. The second kappa shape index (κ2) is 9.72. The lowest BCUT2D eigenvalue weighted by molar-refractivity contribution is -0.151. The molecular weight excluding hydrogens is 470 g/mol. The summed E-state index contributed by atoms with van der Waals surface area (Å²) in [5.41, 5.74) is 0.652. The SMILES string of the molecule is C=CCN(C)C(=O)[C@H]1[C@H]2C(=O)N([C@H](C)CO)C(C(=O)N(CC=C)c3cc(C)ccc3C)C23CC[C@]1(C)O3. The molecule has 37 heavy (non-hydrogen) atoms. The van der Waals surface area contributed by atoms with Gasteiger partial charge >= 0.3 is 0 Å². The lowest BCUT2D eigenvalue weighted by Crippen LogP contribution is -2.58. The van der Waals surface area contributed by atoms with Crippen LogP contribution in [0.15, 0.2) is 43.5 Å². The van der Waals surface area contributed by atoms with Crippen molar-refractivity contribution in [3.63, 3.8) is 0 Å². The average Bonchev–Trinajstić information content (AvgIpc) is 3.43. The quantitative estimate of drug-likeness (QED) is 0.517. The molecule has 0 radical (unpaired) electrons. The van der Waals surface area contributed by atoms with Crippen molar-refractivity contribution < 1.29 is 24.2 Å². The van der Waals surface area contributed by atoms with Gasteiger partial charge in [0.05, 0.1) is 30.1 Å². The highest BCUT2D eigenvalue weighted by Crippen LogP contribution is 2.63. The van der Waals surface area contributed by atoms with Crippen LogP contribution in [0.25, 0.3) is 0 Å². The summed E-state index contributed by atoms with van der Waals surface area (Å²) < 4.78 is 6.69. The number of fused-ring (bicyclic) bond motifs is 1. The molecular formula is C29H39N3O5. The van der Waals surface area contributed by atoms with Gasteiger partial charge in [-0.05, 0) is 57.7 Å². The Kier molecular flexibility index (Phi) is 7.12. The molecule has 1 spiro atoms. The van der Waals surface area contributed by atoms with Crippen molar-refractivity contribution >= 4 is 23.4 Å². The van der Waals surface area contributed by atoms with Gasteiger partial charge in [-0.25, -0.2) is 0 Å². The number of ether oxygens (including phenoxy) is 1. The minimum Gasteiger partial charge on any atom is -0.394 e. The van der Waals surface area contributed by atoms with Gasteiger partial charge < -0.3 is 24.5 Å². The molecule has 0 saturated carbocycles. The summed E-state index contributed by atoms with van der Waals surface area (Å²) in [7, 11) is 1.69. The number of hydrogen-bond acceptors (Lipinski definition) is 5. The summed E-state index contributed by atoms with van der Waals surface area (Å²) in [4.78, 5) is 47.0. The summed E-state index contributed by atoms with van der Waals surface area (Å²) in [5, 5.41) is 10.1. The van der Waals surface area contributed by atoms with E-state index in [1.54, 1.807) is 35.9 Å². The summed E-state index contributed by atoms with van der Waals surface area (Å²) >= 11 is 0. The lowest BCUT2D eigenvalue weighted by atomic mass is 9.66. The number of aliphatic hydroxyl groups is 1. The highest BCUT2D eigenvalue weighted by molar-refractivity contribution is 6.05. The molecule has 200 valence electrons. The van der Waals surface area contributed by atoms with Crippen LogP contribution in [-0.2, 0) is 19.1 Å². The fourth-order valence-electron chi connectivity index (χ4n) is 6.70. The Balaban J connectivity index is 1.85. The molecule has 1 aromatic rings. The molecule has 4 rings (SSSR count). The highest BCUT2D eigenvalue weighted by atomic mass is 16.5. The first-order valence-corrected chi connectivity index (χ1v) is 13.0. The minimum atomic E-state index is -1.15. The van der Waals surface area contributed by atoms with Crippen LogP contribution in [0.3, 0.4) is 0 Å². The molecule has 1 N–H and O–H groups in total. The molecule has 3 heterocycles. The van der Waals surface area contributed by atoms with Crippen LogP contribution in [0.4, 0.5) is 5.69 Å². The van der Waals surface area contributed by atoms with Crippen molar-refractivity contribution in [1.29, 1.82) is 0 Å². The number of hydrogen-bond donors (Lipinski definition) is 1. The number of nitrogens with zero attached hydrogens (tertiary/aromatic N) is 3. The van der Waals surface area contributed by atoms with Gasteiger partial charge in [-0.1, -0.05) is 24.3 Å². The van der Waals surface area contributed by atoms with Crippen molar-refractivity contribution in [2.75, 3.05) is 31.6 Å². The number of anilines is 1. The molecule has 3 saturated heterocycles. The summed E-state index contributed by atoms with van der Waals surface area (Å²) in [6, 6.07) is 4.31. The fourth-order valence-corrected chi connectivity index (χ4v) is 6.70. The van der Waals surface area contributed by atoms with E-state index < -0.39 is 35.1 Å². The van der Waals surface area contributed by atoms with Crippen LogP contribution in [0.5, 0.6) is 0 Å². The van der Waals surface area contributed by atoms with Gasteiger partial charge in [0.25, 0.3) is 5.91 Å². The van der Waals surface area contributed by atoms with Crippen LogP contribution < -0.4 is 4.90 Å². The van der Waals surface area contributed by atoms with Crippen LogP contribution in [0.2, 0.25) is 0 Å². The zero-order valence-corrected chi connectivity index (χ0v) is 22.6. The largest absolute Gasteiger partial charge is 0.394 e. The molecule has 3 amide bonds. The summed E-state index contributed by atoms with van der Waals surface area (Å²) in [6.07, 6.45) is 4.35. The standard InChI is InChI=1S/C29H39N3O5/c1-8-14-30(7)25(34)22-23-26(35)32(20(5)17-33)24(29(23)13-12-28(22,6)37-29)27(36)31(15-9-2)21-16-18(3)10-11-19(21)4/h8-11,16,20,22-24,33H,1-2,12-15,17H2,3-7H3/t20-,22-,23+,24?,28+,29?/m1/s1. The Morgan fingerprint density at radius 1 is 1.22 bits per heavy atom. The Labute approximate surface area is 219 Å². The van der Waals surface area contributed by atoms with E-state index in [2.05, 4.69) is 13.2 Å². The third-order valence-corrected chi connectivity index (χ3v) is 8.47. The van der Waals surface area contributed by atoms with E-state index in [9.17, 15) is 19.5 Å². The molecule has 8 heteroatoms. The number of amides is 3. The van der Waals surface area contributed by atoms with Crippen molar-refractivity contribution in [2.45, 2.75) is 63.8 Å². The van der Waals surface area contributed by atoms with Gasteiger partial charge in [-0.3, -0.25) is 14.4 Å². The first-order chi connectivity index (χ1) is 17.5. The molecule has 0 aromatic heterocycles. The van der Waals surface area contributed by atoms with Gasteiger partial charge in [-0.15, -0.1) is 13.2 Å². The maximum Gasteiger partial charge on any atom is 0.253 e. The first kappa shape index (κ1) is 27.1. The van der Waals surface area contributed by atoms with Crippen LogP contribution in [0.1, 0.15) is 37.8 Å². The van der Waals surface area contributed by atoms with E-state index in [-0.39, 0.29) is 30.9 Å². The minimum absolute atomic E-state index is 0.190. The van der Waals surface area contributed by atoms with E-state index in [4.69, 9.17) is 4.74 Å². The van der Waals surface area contributed by atoms with Crippen molar-refractivity contribution in [3.8, 4) is 0 Å². The predicted molar refractivity (Wildman–Crippen MR) is 142 cm³/mol. The normalized spacial score (nSPS) is 30.7. The van der Waals surface area contributed by atoms with E-state index in [1.165, 1.54) is 4.90 Å². The number of rotatable bonds is 9. The zero-order valence-electron chi connectivity index (χ0n) is 22.6. The molecule has 2 bridgehead atoms. The van der Waals surface area contributed by atoms with E-state index in [0.29, 0.717) is 19.4 Å². The smallest absolute Gasteiger partial charge is 0.253 e. The van der Waals surface area contributed by atoms with E-state index >= 15 is 0 Å². The molecule has 6 atom stereocenters. The van der Waals surface area contributed by atoms with Crippen molar-refractivity contribution in [3.05, 3.63) is 54.6 Å². The number of benzene rings is 1. The number of carbonyl (C=O) groups excluding carboxylic acids is 3. The zero-order chi connectivity index (χ0) is 27.3. The number of likely N-dealkylation sites (tertiary alicyclic amines) is 1. The molecule has 0 aliphatic carbocycles. The number of likely N-dealkylation sites (N-methyl/N-ethyl adjacent to an activating group) is 1. The van der Waals surface area contributed by atoms with Crippen LogP contribution in [0, 0.1) is 25.7 Å². The molecule has 1 aromatic carbocycles. The van der Waals surface area contributed by atoms with Gasteiger partial charge in [0, 0.05) is 25.8 Å². The van der Waals surface area contributed by atoms with Crippen LogP contribution >= 0.6 is 0 Å². The van der Waals surface area contributed by atoms with Crippen molar-refractivity contribution in [2.24, 2.45) is 11.8 Å². The summed E-state index contributed by atoms with van der Waals surface area (Å²) in [6.45, 7) is 15.4. The Bertz CT molecular complexity index is 1130. The number of aryl methyl sites for hydroxylation is 2. The van der Waals surface area contributed by atoms with Gasteiger partial charge in [0.2, 0.25) is 11.8 Å². The molecule has 3 aliphatic heterocycles. The Morgan fingerprint density at radius 3 is 2.51 bits per heavy atom. The third kappa shape index (κ3) is 4.01. The monoisotopic (exact) mass is 509 g/mol. The average molecular weight is 510 g/mol. The highest BCUT2D eigenvalue weighted by Gasteiger charge is 2.78. The molecule has 8 nitrogen and oxygen atoms in total. The van der Waals surface area contributed by atoms with E-state index in [0.717, 1.165) is 16.8 Å². The molecule has 3 aliphatic rings. The summed E-state index contributed by atoms with van der Waals surface area (Å²) in [5.74, 6) is -2.32. The maximum absolute atomic E-state index is 14.5. The molecule has 3 fully saturated rings. The predicted octanol–water partition coefficient (Wildman–Crippen LogP) is 2.61. The lowest BCUT2D eigenvalue weighted by Gasteiger charge is -2.39. The first-order valence-electron chi connectivity index (χ1n) is 13.0.